The van der Waals surface area contributed by atoms with Crippen molar-refractivity contribution in [1.29, 1.82) is 0 Å². The third kappa shape index (κ3) is 4.33. The molecule has 0 unspecified atom stereocenters. The summed E-state index contributed by atoms with van der Waals surface area (Å²) in [7, 11) is 0. The summed E-state index contributed by atoms with van der Waals surface area (Å²) in [5.41, 5.74) is 1.81. The summed E-state index contributed by atoms with van der Waals surface area (Å²) >= 11 is 1.59. The molecule has 0 spiro atoms. The molecule has 0 aliphatic heterocycles. The fourth-order valence-electron chi connectivity index (χ4n) is 2.11. The first-order valence-corrected chi connectivity index (χ1v) is 8.45. The predicted octanol–water partition coefficient (Wildman–Crippen LogP) is 5.50. The van der Waals surface area contributed by atoms with Crippen molar-refractivity contribution in [3.8, 4) is 11.5 Å². The van der Waals surface area contributed by atoms with Gasteiger partial charge in [-0.2, -0.15) is 0 Å². The zero-order valence-electron chi connectivity index (χ0n) is 13.2. The van der Waals surface area contributed by atoms with Gasteiger partial charge in [-0.3, -0.25) is 4.79 Å². The van der Waals surface area contributed by atoms with Crippen molar-refractivity contribution in [2.24, 2.45) is 0 Å². The normalized spacial score (nSPS) is 10.7. The largest absolute Gasteiger partial charge is 0.455 e. The van der Waals surface area contributed by atoms with E-state index in [2.05, 4.69) is 5.32 Å². The summed E-state index contributed by atoms with van der Waals surface area (Å²) < 4.78 is 5.88. The van der Waals surface area contributed by atoms with Crippen molar-refractivity contribution < 1.29 is 9.53 Å². The van der Waals surface area contributed by atoms with Crippen molar-refractivity contribution in [3.63, 3.8) is 0 Å². The van der Waals surface area contributed by atoms with Crippen molar-refractivity contribution in [1.82, 2.24) is 0 Å². The third-order valence-electron chi connectivity index (χ3n) is 3.34. The maximum atomic E-state index is 12.1. The Morgan fingerprint density at radius 1 is 1.04 bits per heavy atom. The van der Waals surface area contributed by atoms with E-state index in [9.17, 15) is 4.79 Å². The minimum atomic E-state index is -0.191. The Morgan fingerprint density at radius 3 is 2.58 bits per heavy atom. The van der Waals surface area contributed by atoms with Crippen LogP contribution in [0.25, 0.3) is 6.08 Å². The molecule has 1 amide bonds. The van der Waals surface area contributed by atoms with Crippen molar-refractivity contribution in [2.75, 3.05) is 5.32 Å². The molecular weight excluding hydrogens is 318 g/mol. The van der Waals surface area contributed by atoms with Crippen molar-refractivity contribution in [2.45, 2.75) is 6.92 Å². The van der Waals surface area contributed by atoms with Gasteiger partial charge in [0.2, 0.25) is 5.91 Å². The van der Waals surface area contributed by atoms with Gasteiger partial charge in [0.05, 0.1) is 5.69 Å². The maximum absolute atomic E-state index is 12.1. The fourth-order valence-corrected chi connectivity index (χ4v) is 2.73. The van der Waals surface area contributed by atoms with Gasteiger partial charge < -0.3 is 10.1 Å². The summed E-state index contributed by atoms with van der Waals surface area (Å²) in [6, 6.07) is 19.1. The Labute approximate surface area is 145 Å². The highest BCUT2D eigenvalue weighted by molar-refractivity contribution is 7.10. The molecule has 0 fully saturated rings. The molecule has 4 heteroatoms. The molecule has 0 aliphatic rings. The number of nitrogens with one attached hydrogen (secondary N) is 1. The van der Waals surface area contributed by atoms with Gasteiger partial charge in [0.1, 0.15) is 5.75 Å². The zero-order valence-corrected chi connectivity index (χ0v) is 14.0. The molecule has 0 bridgehead atoms. The summed E-state index contributed by atoms with van der Waals surface area (Å²) in [5.74, 6) is 1.15. The Kier molecular flexibility index (Phi) is 5.08. The van der Waals surface area contributed by atoms with Crippen LogP contribution in [0.4, 0.5) is 5.69 Å². The van der Waals surface area contributed by atoms with Gasteiger partial charge in [-0.25, -0.2) is 0 Å². The van der Waals surface area contributed by atoms with E-state index in [0.29, 0.717) is 11.4 Å². The van der Waals surface area contributed by atoms with Gasteiger partial charge in [0.15, 0.2) is 5.75 Å². The number of carbonyl (C=O) groups excluding carboxylic acids is 1. The smallest absolute Gasteiger partial charge is 0.248 e. The first kappa shape index (κ1) is 16.0. The van der Waals surface area contributed by atoms with Crippen molar-refractivity contribution >= 4 is 29.0 Å². The van der Waals surface area contributed by atoms with Crippen LogP contribution in [0.15, 0.2) is 72.1 Å². The van der Waals surface area contributed by atoms with Gasteiger partial charge in [0, 0.05) is 11.0 Å². The van der Waals surface area contributed by atoms with E-state index < -0.39 is 0 Å². The number of thiophene rings is 1. The standard InChI is InChI=1S/C20H17NO2S/c1-15-8-10-16(11-9-15)23-19-7-3-2-6-18(19)21-20(22)13-12-17-5-4-14-24-17/h2-14H,1H3,(H,21,22). The Bertz CT molecular complexity index is 836. The van der Waals surface area contributed by atoms with Gasteiger partial charge in [-0.05, 0) is 48.7 Å². The summed E-state index contributed by atoms with van der Waals surface area (Å²) in [6.07, 6.45) is 3.32. The Morgan fingerprint density at radius 2 is 1.83 bits per heavy atom. The minimum absolute atomic E-state index is 0.191. The van der Waals surface area contributed by atoms with E-state index in [1.807, 2.05) is 73.0 Å². The van der Waals surface area contributed by atoms with Crippen LogP contribution in [0, 0.1) is 6.92 Å². The number of anilines is 1. The molecule has 0 aliphatic carbocycles. The third-order valence-corrected chi connectivity index (χ3v) is 4.17. The number of carbonyl (C=O) groups is 1. The summed E-state index contributed by atoms with van der Waals surface area (Å²) in [4.78, 5) is 13.1. The number of rotatable bonds is 5. The summed E-state index contributed by atoms with van der Waals surface area (Å²) in [6.45, 7) is 2.03. The molecule has 24 heavy (non-hydrogen) atoms. The molecule has 120 valence electrons. The minimum Gasteiger partial charge on any atom is -0.455 e. The first-order chi connectivity index (χ1) is 11.7. The van der Waals surface area contributed by atoms with E-state index in [1.165, 1.54) is 11.6 Å². The van der Waals surface area contributed by atoms with Crippen LogP contribution in [-0.2, 0) is 4.79 Å². The van der Waals surface area contributed by atoms with Gasteiger partial charge in [-0.15, -0.1) is 11.3 Å². The lowest BCUT2D eigenvalue weighted by Crippen LogP contribution is -2.08. The average molecular weight is 335 g/mol. The SMILES string of the molecule is Cc1ccc(Oc2ccccc2NC(=O)C=Cc2cccs2)cc1. The molecule has 0 saturated carbocycles. The fraction of sp³-hybridized carbons (Fsp3) is 0.0500. The van der Waals surface area contributed by atoms with Crippen molar-refractivity contribution in [3.05, 3.63) is 82.6 Å². The zero-order chi connectivity index (χ0) is 16.8. The lowest BCUT2D eigenvalue weighted by atomic mass is 10.2. The highest BCUT2D eigenvalue weighted by Crippen LogP contribution is 2.29. The molecule has 3 nitrogen and oxygen atoms in total. The van der Waals surface area contributed by atoms with E-state index in [0.717, 1.165) is 10.6 Å². The molecule has 1 heterocycles. The van der Waals surface area contributed by atoms with Crippen LogP contribution < -0.4 is 10.1 Å². The van der Waals surface area contributed by atoms with E-state index in [4.69, 9.17) is 4.74 Å². The topological polar surface area (TPSA) is 38.3 Å². The lowest BCUT2D eigenvalue weighted by Gasteiger charge is -2.11. The number of para-hydroxylation sites is 2. The number of aryl methyl sites for hydroxylation is 1. The monoisotopic (exact) mass is 335 g/mol. The second kappa shape index (κ2) is 7.62. The van der Waals surface area contributed by atoms with Gasteiger partial charge >= 0.3 is 0 Å². The first-order valence-electron chi connectivity index (χ1n) is 7.57. The quantitative estimate of drug-likeness (QED) is 0.625. The molecule has 1 N–H and O–H groups in total. The van der Waals surface area contributed by atoms with Crippen LogP contribution in [0.2, 0.25) is 0 Å². The second-order valence-electron chi connectivity index (χ2n) is 5.25. The summed E-state index contributed by atoms with van der Waals surface area (Å²) in [5, 5.41) is 4.83. The number of ether oxygens (including phenoxy) is 1. The predicted molar refractivity (Wildman–Crippen MR) is 99.7 cm³/mol. The van der Waals surface area contributed by atoms with Crippen LogP contribution in [0.3, 0.4) is 0 Å². The lowest BCUT2D eigenvalue weighted by molar-refractivity contribution is -0.111. The number of benzene rings is 2. The van der Waals surface area contributed by atoms with E-state index >= 15 is 0 Å². The molecular formula is C20H17NO2S. The average Bonchev–Trinajstić information content (AvgIpc) is 3.10. The molecule has 2 aromatic carbocycles. The molecule has 1 aromatic heterocycles. The Hall–Kier alpha value is -2.85. The highest BCUT2D eigenvalue weighted by atomic mass is 32.1. The molecule has 0 saturated heterocycles. The molecule has 3 aromatic rings. The number of hydrogen-bond donors (Lipinski definition) is 1. The molecule has 0 radical (unpaired) electrons. The molecule has 0 atom stereocenters. The Balaban J connectivity index is 1.71. The second-order valence-corrected chi connectivity index (χ2v) is 6.23. The van der Waals surface area contributed by atoms with E-state index in [-0.39, 0.29) is 5.91 Å². The van der Waals surface area contributed by atoms with Crippen LogP contribution in [0.5, 0.6) is 11.5 Å². The molecule has 3 rings (SSSR count). The maximum Gasteiger partial charge on any atom is 0.248 e. The highest BCUT2D eigenvalue weighted by Gasteiger charge is 2.06. The number of hydrogen-bond acceptors (Lipinski definition) is 3. The van der Waals surface area contributed by atoms with Crippen LogP contribution in [0.1, 0.15) is 10.4 Å². The number of amides is 1. The van der Waals surface area contributed by atoms with Gasteiger partial charge in [0.25, 0.3) is 0 Å². The van der Waals surface area contributed by atoms with Crippen LogP contribution in [-0.4, -0.2) is 5.91 Å². The van der Waals surface area contributed by atoms with Crippen LogP contribution >= 0.6 is 11.3 Å². The van der Waals surface area contributed by atoms with Gasteiger partial charge in [-0.1, -0.05) is 35.9 Å². The van der Waals surface area contributed by atoms with E-state index in [1.54, 1.807) is 17.4 Å².